The summed E-state index contributed by atoms with van der Waals surface area (Å²) >= 11 is 7.70. The SMILES string of the molecule is COC(=O)[C@@H]1C[C@H](C(=O)NCc2csc(C)n2)[C@H](c2cccc(Cl)c2)N1C. The lowest BCUT2D eigenvalue weighted by Gasteiger charge is -2.27. The van der Waals surface area contributed by atoms with E-state index in [-0.39, 0.29) is 17.9 Å². The Balaban J connectivity index is 1.82. The van der Waals surface area contributed by atoms with E-state index in [4.69, 9.17) is 16.3 Å². The number of likely N-dealkylation sites (tertiary alicyclic amines) is 1. The summed E-state index contributed by atoms with van der Waals surface area (Å²) in [4.78, 5) is 31.4. The van der Waals surface area contributed by atoms with Crippen molar-refractivity contribution >= 4 is 34.8 Å². The van der Waals surface area contributed by atoms with Crippen LogP contribution >= 0.6 is 22.9 Å². The summed E-state index contributed by atoms with van der Waals surface area (Å²) in [5, 5.41) is 6.45. The Morgan fingerprint density at radius 3 is 2.85 bits per heavy atom. The maximum atomic E-state index is 12.9. The second-order valence-electron chi connectivity index (χ2n) is 6.62. The third-order valence-corrected chi connectivity index (χ3v) is 5.96. The molecule has 144 valence electrons. The van der Waals surface area contributed by atoms with Crippen LogP contribution < -0.4 is 5.32 Å². The molecule has 6 nitrogen and oxygen atoms in total. The normalized spacial score (nSPS) is 22.6. The average molecular weight is 408 g/mol. The van der Waals surface area contributed by atoms with E-state index in [0.29, 0.717) is 18.0 Å². The largest absolute Gasteiger partial charge is 0.468 e. The molecule has 2 aromatic rings. The lowest BCUT2D eigenvalue weighted by Crippen LogP contribution is -2.36. The highest BCUT2D eigenvalue weighted by Gasteiger charge is 2.46. The van der Waals surface area contributed by atoms with Gasteiger partial charge in [0.15, 0.2) is 0 Å². The third kappa shape index (κ3) is 4.31. The lowest BCUT2D eigenvalue weighted by molar-refractivity contribution is -0.145. The average Bonchev–Trinajstić information content (AvgIpc) is 3.22. The predicted octanol–water partition coefficient (Wildman–Crippen LogP) is 2.96. The van der Waals surface area contributed by atoms with Gasteiger partial charge in [-0.2, -0.15) is 0 Å². The van der Waals surface area contributed by atoms with Crippen molar-refractivity contribution in [2.24, 2.45) is 5.92 Å². The van der Waals surface area contributed by atoms with E-state index in [0.717, 1.165) is 16.3 Å². The van der Waals surface area contributed by atoms with Gasteiger partial charge in [-0.05, 0) is 38.1 Å². The minimum atomic E-state index is -0.476. The van der Waals surface area contributed by atoms with E-state index in [2.05, 4.69) is 10.3 Å². The van der Waals surface area contributed by atoms with E-state index in [1.165, 1.54) is 7.11 Å². The lowest BCUT2D eigenvalue weighted by atomic mass is 9.92. The number of hydrogen-bond acceptors (Lipinski definition) is 6. The van der Waals surface area contributed by atoms with Crippen molar-refractivity contribution in [3.05, 3.63) is 50.9 Å². The number of aromatic nitrogens is 1. The van der Waals surface area contributed by atoms with Gasteiger partial charge in [-0.3, -0.25) is 14.5 Å². The van der Waals surface area contributed by atoms with Crippen molar-refractivity contribution in [1.82, 2.24) is 15.2 Å². The fourth-order valence-corrected chi connectivity index (χ4v) is 4.43. The Hall–Kier alpha value is -1.96. The van der Waals surface area contributed by atoms with Gasteiger partial charge in [0.2, 0.25) is 5.91 Å². The first kappa shape index (κ1) is 19.8. The van der Waals surface area contributed by atoms with Crippen LogP contribution in [0.25, 0.3) is 0 Å². The van der Waals surface area contributed by atoms with Gasteiger partial charge in [0.05, 0.1) is 30.3 Å². The number of nitrogens with one attached hydrogen (secondary N) is 1. The number of esters is 1. The highest BCUT2D eigenvalue weighted by Crippen LogP contribution is 2.41. The number of likely N-dealkylation sites (N-methyl/N-ethyl adjacent to an activating group) is 1. The number of amides is 1. The van der Waals surface area contributed by atoms with Gasteiger partial charge in [0, 0.05) is 16.4 Å². The molecule has 2 heterocycles. The zero-order chi connectivity index (χ0) is 19.6. The summed E-state index contributed by atoms with van der Waals surface area (Å²) < 4.78 is 4.93. The molecule has 1 aliphatic heterocycles. The second-order valence-corrected chi connectivity index (χ2v) is 8.12. The standard InChI is InChI=1S/C19H22ClN3O3S/c1-11-22-14(10-27-11)9-21-18(24)15-8-16(19(25)26-3)23(2)17(15)12-5-4-6-13(20)7-12/h4-7,10,15-17H,8-9H2,1-3H3,(H,21,24)/t15-,16-,17-/m0/s1. The number of ether oxygens (including phenoxy) is 1. The Labute approximate surface area is 167 Å². The topological polar surface area (TPSA) is 71.5 Å². The van der Waals surface area contributed by atoms with Crippen molar-refractivity contribution in [1.29, 1.82) is 0 Å². The van der Waals surface area contributed by atoms with Crippen molar-refractivity contribution < 1.29 is 14.3 Å². The van der Waals surface area contributed by atoms with E-state index >= 15 is 0 Å². The maximum absolute atomic E-state index is 12.9. The number of benzene rings is 1. The van der Waals surface area contributed by atoms with E-state index in [1.54, 1.807) is 17.4 Å². The first-order chi connectivity index (χ1) is 12.9. The van der Waals surface area contributed by atoms with Crippen LogP contribution in [0.5, 0.6) is 0 Å². The quantitative estimate of drug-likeness (QED) is 0.771. The van der Waals surface area contributed by atoms with E-state index in [9.17, 15) is 9.59 Å². The fourth-order valence-electron chi connectivity index (χ4n) is 3.62. The van der Waals surface area contributed by atoms with Crippen LogP contribution in [0.2, 0.25) is 5.02 Å². The molecule has 0 saturated carbocycles. The molecular formula is C19H22ClN3O3S. The van der Waals surface area contributed by atoms with Gasteiger partial charge < -0.3 is 10.1 Å². The number of carbonyl (C=O) groups is 2. The van der Waals surface area contributed by atoms with Crippen LogP contribution in [0.1, 0.15) is 28.7 Å². The molecule has 1 amide bonds. The molecule has 3 atom stereocenters. The van der Waals surface area contributed by atoms with Gasteiger partial charge in [0.25, 0.3) is 0 Å². The fraction of sp³-hybridized carbons (Fsp3) is 0.421. The predicted molar refractivity (Wildman–Crippen MR) is 105 cm³/mol. The molecule has 3 rings (SSSR count). The highest BCUT2D eigenvalue weighted by atomic mass is 35.5. The summed E-state index contributed by atoms with van der Waals surface area (Å²) in [5.41, 5.74) is 1.74. The summed E-state index contributed by atoms with van der Waals surface area (Å²) in [5.74, 6) is -0.837. The van der Waals surface area contributed by atoms with Crippen LogP contribution in [0, 0.1) is 12.8 Å². The number of thiazole rings is 1. The zero-order valence-corrected chi connectivity index (χ0v) is 17.0. The Morgan fingerprint density at radius 2 is 2.22 bits per heavy atom. The molecule has 0 bridgehead atoms. The number of aryl methyl sites for hydroxylation is 1. The van der Waals surface area contributed by atoms with Crippen LogP contribution in [0.15, 0.2) is 29.6 Å². The minimum absolute atomic E-state index is 0.108. The highest BCUT2D eigenvalue weighted by molar-refractivity contribution is 7.09. The van der Waals surface area contributed by atoms with Crippen LogP contribution in [0.3, 0.4) is 0 Å². The summed E-state index contributed by atoms with van der Waals surface area (Å²) in [6, 6.07) is 6.67. The molecular weight excluding hydrogens is 386 g/mol. The maximum Gasteiger partial charge on any atom is 0.323 e. The molecule has 1 aromatic carbocycles. The Kier molecular flexibility index (Phi) is 6.14. The number of halogens is 1. The molecule has 27 heavy (non-hydrogen) atoms. The van der Waals surface area contributed by atoms with Crippen LogP contribution in [-0.2, 0) is 20.9 Å². The number of methoxy groups -OCH3 is 1. The van der Waals surface area contributed by atoms with Crippen molar-refractivity contribution in [2.75, 3.05) is 14.2 Å². The van der Waals surface area contributed by atoms with Crippen molar-refractivity contribution in [3.8, 4) is 0 Å². The second kappa shape index (κ2) is 8.37. The molecule has 0 spiro atoms. The Bertz CT molecular complexity index is 841. The van der Waals surface area contributed by atoms with Crippen LogP contribution in [0.4, 0.5) is 0 Å². The molecule has 0 unspecified atom stereocenters. The first-order valence-electron chi connectivity index (χ1n) is 8.64. The molecule has 1 aliphatic rings. The minimum Gasteiger partial charge on any atom is -0.468 e. The van der Waals surface area contributed by atoms with Crippen molar-refractivity contribution in [3.63, 3.8) is 0 Å². The molecule has 8 heteroatoms. The van der Waals surface area contributed by atoms with Gasteiger partial charge in [-0.1, -0.05) is 23.7 Å². The van der Waals surface area contributed by atoms with Gasteiger partial charge in [-0.25, -0.2) is 4.98 Å². The number of hydrogen-bond donors (Lipinski definition) is 1. The molecule has 1 N–H and O–H groups in total. The van der Waals surface area contributed by atoms with Crippen LogP contribution in [-0.4, -0.2) is 42.0 Å². The van der Waals surface area contributed by atoms with E-state index < -0.39 is 12.0 Å². The zero-order valence-electron chi connectivity index (χ0n) is 15.4. The number of rotatable bonds is 5. The summed E-state index contributed by atoms with van der Waals surface area (Å²) in [6.07, 6.45) is 0.391. The van der Waals surface area contributed by atoms with E-state index in [1.807, 2.05) is 42.5 Å². The molecule has 1 aromatic heterocycles. The third-order valence-electron chi connectivity index (χ3n) is 4.90. The van der Waals surface area contributed by atoms with Gasteiger partial charge in [-0.15, -0.1) is 11.3 Å². The molecule has 1 fully saturated rings. The van der Waals surface area contributed by atoms with Crippen molar-refractivity contribution in [2.45, 2.75) is 32.0 Å². The smallest absolute Gasteiger partial charge is 0.323 e. The van der Waals surface area contributed by atoms with Gasteiger partial charge in [0.1, 0.15) is 6.04 Å². The molecule has 0 aliphatic carbocycles. The molecule has 0 radical (unpaired) electrons. The Morgan fingerprint density at radius 1 is 1.44 bits per heavy atom. The van der Waals surface area contributed by atoms with Gasteiger partial charge >= 0.3 is 5.97 Å². The first-order valence-corrected chi connectivity index (χ1v) is 9.90. The summed E-state index contributed by atoms with van der Waals surface area (Å²) in [7, 11) is 3.20. The monoisotopic (exact) mass is 407 g/mol. The molecule has 1 saturated heterocycles. The number of nitrogens with zero attached hydrogens (tertiary/aromatic N) is 2. The summed E-state index contributed by atoms with van der Waals surface area (Å²) in [6.45, 7) is 2.30. The number of carbonyl (C=O) groups excluding carboxylic acids is 2.